The van der Waals surface area contributed by atoms with Gasteiger partial charge in [-0.25, -0.2) is 0 Å². The van der Waals surface area contributed by atoms with Crippen LogP contribution in [0.5, 0.6) is 0 Å². The molecule has 19 heavy (non-hydrogen) atoms. The van der Waals surface area contributed by atoms with Crippen LogP contribution in [-0.4, -0.2) is 44.3 Å². The Morgan fingerprint density at radius 2 is 2.32 bits per heavy atom. The average Bonchev–Trinajstić information content (AvgIpc) is 3.09. The van der Waals surface area contributed by atoms with Gasteiger partial charge in [-0.15, -0.1) is 0 Å². The Hall–Kier alpha value is -2.11. The van der Waals surface area contributed by atoms with Gasteiger partial charge in [0, 0.05) is 37.5 Å². The number of hydrogen-bond donors (Lipinski definition) is 1. The fraction of sp³-hybridized carbons (Fsp3) is 0.462. The lowest BCUT2D eigenvalue weighted by Gasteiger charge is -2.19. The molecule has 1 fully saturated rings. The van der Waals surface area contributed by atoms with Crippen molar-refractivity contribution in [3.05, 3.63) is 24.0 Å². The molecule has 0 unspecified atom stereocenters. The summed E-state index contributed by atoms with van der Waals surface area (Å²) in [4.78, 5) is 24.3. The van der Waals surface area contributed by atoms with Gasteiger partial charge in [0.1, 0.15) is 0 Å². The van der Waals surface area contributed by atoms with Gasteiger partial charge in [0.05, 0.1) is 12.6 Å². The zero-order chi connectivity index (χ0) is 13.8. The molecule has 1 N–H and O–H groups in total. The Labute approximate surface area is 111 Å². The van der Waals surface area contributed by atoms with Crippen LogP contribution in [-0.2, 0) is 16.6 Å². The standard InChI is InChI=1S/C13H17N3O3/c1-15-9-10(8-14-15)2-5-12(17)16(11-3-4-11)7-6-13(18)19/h2,5,8-9,11H,3-4,6-7H2,1H3,(H,18,19)/b5-2+. The first-order valence-electron chi connectivity index (χ1n) is 6.25. The van der Waals surface area contributed by atoms with Gasteiger partial charge in [0.25, 0.3) is 0 Å². The maximum Gasteiger partial charge on any atom is 0.305 e. The minimum Gasteiger partial charge on any atom is -0.481 e. The van der Waals surface area contributed by atoms with E-state index in [0.717, 1.165) is 18.4 Å². The van der Waals surface area contributed by atoms with Crippen molar-refractivity contribution in [2.45, 2.75) is 25.3 Å². The highest BCUT2D eigenvalue weighted by molar-refractivity contribution is 5.92. The predicted octanol–water partition coefficient (Wildman–Crippen LogP) is 0.899. The number of hydrogen-bond acceptors (Lipinski definition) is 3. The number of aryl methyl sites for hydroxylation is 1. The lowest BCUT2D eigenvalue weighted by Crippen LogP contribution is -2.33. The van der Waals surface area contributed by atoms with Crippen LogP contribution in [0, 0.1) is 0 Å². The van der Waals surface area contributed by atoms with E-state index in [-0.39, 0.29) is 24.9 Å². The summed E-state index contributed by atoms with van der Waals surface area (Å²) in [5.41, 5.74) is 0.852. The highest BCUT2D eigenvalue weighted by atomic mass is 16.4. The molecule has 1 saturated carbocycles. The Morgan fingerprint density at radius 3 is 2.84 bits per heavy atom. The van der Waals surface area contributed by atoms with E-state index < -0.39 is 5.97 Å². The summed E-state index contributed by atoms with van der Waals surface area (Å²) in [6, 6.07) is 0.213. The van der Waals surface area contributed by atoms with E-state index >= 15 is 0 Å². The second kappa shape index (κ2) is 5.69. The molecule has 0 saturated heterocycles. The molecule has 1 aromatic heterocycles. The van der Waals surface area contributed by atoms with E-state index in [4.69, 9.17) is 5.11 Å². The van der Waals surface area contributed by atoms with Crippen molar-refractivity contribution < 1.29 is 14.7 Å². The number of carboxylic acid groups (broad SMARTS) is 1. The van der Waals surface area contributed by atoms with Crippen LogP contribution in [0.2, 0.25) is 0 Å². The smallest absolute Gasteiger partial charge is 0.305 e. The Balaban J connectivity index is 1.95. The zero-order valence-electron chi connectivity index (χ0n) is 10.8. The normalized spacial score (nSPS) is 14.8. The zero-order valence-corrected chi connectivity index (χ0v) is 10.8. The van der Waals surface area contributed by atoms with Crippen molar-refractivity contribution in [2.24, 2.45) is 7.05 Å². The van der Waals surface area contributed by atoms with Crippen LogP contribution in [0.15, 0.2) is 18.5 Å². The summed E-state index contributed by atoms with van der Waals surface area (Å²) in [7, 11) is 1.81. The number of carboxylic acids is 1. The molecule has 102 valence electrons. The van der Waals surface area contributed by atoms with Crippen molar-refractivity contribution >= 4 is 18.0 Å². The molecule has 0 radical (unpaired) electrons. The molecule has 0 aromatic carbocycles. The third-order valence-corrected chi connectivity index (χ3v) is 2.98. The topological polar surface area (TPSA) is 75.4 Å². The summed E-state index contributed by atoms with van der Waals surface area (Å²) in [5.74, 6) is -1.01. The van der Waals surface area contributed by atoms with Crippen molar-refractivity contribution in [2.75, 3.05) is 6.54 Å². The summed E-state index contributed by atoms with van der Waals surface area (Å²) in [6.45, 7) is 0.274. The van der Waals surface area contributed by atoms with Gasteiger partial charge in [-0.1, -0.05) is 0 Å². The van der Waals surface area contributed by atoms with Crippen LogP contribution in [0.3, 0.4) is 0 Å². The van der Waals surface area contributed by atoms with Crippen LogP contribution < -0.4 is 0 Å². The number of aromatic nitrogens is 2. The van der Waals surface area contributed by atoms with E-state index in [1.54, 1.807) is 21.9 Å². The van der Waals surface area contributed by atoms with E-state index in [1.807, 2.05) is 13.2 Å². The number of nitrogens with zero attached hydrogens (tertiary/aromatic N) is 3. The minimum atomic E-state index is -0.880. The van der Waals surface area contributed by atoms with Gasteiger partial charge in [0.15, 0.2) is 0 Å². The average molecular weight is 263 g/mol. The van der Waals surface area contributed by atoms with Crippen LogP contribution in [0.4, 0.5) is 0 Å². The summed E-state index contributed by atoms with van der Waals surface area (Å²) >= 11 is 0. The van der Waals surface area contributed by atoms with Gasteiger partial charge in [-0.3, -0.25) is 14.3 Å². The van der Waals surface area contributed by atoms with Crippen molar-refractivity contribution in [1.29, 1.82) is 0 Å². The van der Waals surface area contributed by atoms with Crippen molar-refractivity contribution in [1.82, 2.24) is 14.7 Å². The molecule has 1 aliphatic carbocycles. The van der Waals surface area contributed by atoms with Gasteiger partial charge >= 0.3 is 5.97 Å². The Morgan fingerprint density at radius 1 is 1.58 bits per heavy atom. The van der Waals surface area contributed by atoms with E-state index in [1.165, 1.54) is 6.08 Å². The first-order chi connectivity index (χ1) is 9.06. The first kappa shape index (κ1) is 13.3. The lowest BCUT2D eigenvalue weighted by molar-refractivity contribution is -0.138. The van der Waals surface area contributed by atoms with Crippen LogP contribution in [0.1, 0.15) is 24.8 Å². The molecular weight excluding hydrogens is 246 g/mol. The van der Waals surface area contributed by atoms with Crippen LogP contribution >= 0.6 is 0 Å². The molecule has 2 rings (SSSR count). The monoisotopic (exact) mass is 263 g/mol. The van der Waals surface area contributed by atoms with Crippen molar-refractivity contribution in [3.63, 3.8) is 0 Å². The van der Waals surface area contributed by atoms with Crippen LogP contribution in [0.25, 0.3) is 6.08 Å². The molecule has 0 spiro atoms. The molecule has 6 nitrogen and oxygen atoms in total. The number of rotatable bonds is 6. The second-order valence-electron chi connectivity index (χ2n) is 4.69. The SMILES string of the molecule is Cn1cc(/C=C/C(=O)N(CCC(=O)O)C2CC2)cn1. The third kappa shape index (κ3) is 3.94. The molecular formula is C13H17N3O3. The largest absolute Gasteiger partial charge is 0.481 e. The fourth-order valence-corrected chi connectivity index (χ4v) is 1.86. The lowest BCUT2D eigenvalue weighted by atomic mass is 10.3. The highest BCUT2D eigenvalue weighted by Crippen LogP contribution is 2.27. The fourth-order valence-electron chi connectivity index (χ4n) is 1.86. The summed E-state index contributed by atoms with van der Waals surface area (Å²) in [5, 5.41) is 12.7. The number of carbonyl (C=O) groups is 2. The molecule has 0 bridgehead atoms. The molecule has 0 aliphatic heterocycles. The summed E-state index contributed by atoms with van der Waals surface area (Å²) in [6.07, 6.45) is 8.58. The van der Waals surface area contributed by atoms with Gasteiger partial charge in [-0.2, -0.15) is 5.10 Å². The summed E-state index contributed by atoms with van der Waals surface area (Å²) < 4.78 is 1.66. The molecule has 1 heterocycles. The minimum absolute atomic E-state index is 0.0109. The number of aliphatic carboxylic acids is 1. The molecule has 0 atom stereocenters. The third-order valence-electron chi connectivity index (χ3n) is 2.98. The van der Waals surface area contributed by atoms with E-state index in [0.29, 0.717) is 0 Å². The van der Waals surface area contributed by atoms with E-state index in [9.17, 15) is 9.59 Å². The Bertz CT molecular complexity index is 503. The van der Waals surface area contributed by atoms with Gasteiger partial charge in [0.2, 0.25) is 5.91 Å². The maximum absolute atomic E-state index is 12.0. The Kier molecular flexibility index (Phi) is 3.99. The highest BCUT2D eigenvalue weighted by Gasteiger charge is 2.31. The molecule has 1 aliphatic rings. The number of amides is 1. The quantitative estimate of drug-likeness (QED) is 0.774. The number of carbonyl (C=O) groups excluding carboxylic acids is 1. The maximum atomic E-state index is 12.0. The predicted molar refractivity (Wildman–Crippen MR) is 69.2 cm³/mol. The first-order valence-corrected chi connectivity index (χ1v) is 6.25. The van der Waals surface area contributed by atoms with Gasteiger partial charge in [-0.05, 0) is 18.9 Å². The van der Waals surface area contributed by atoms with Crippen molar-refractivity contribution in [3.8, 4) is 0 Å². The van der Waals surface area contributed by atoms with E-state index in [2.05, 4.69) is 5.10 Å². The molecule has 1 amide bonds. The van der Waals surface area contributed by atoms with Gasteiger partial charge < -0.3 is 10.0 Å². The molecule has 1 aromatic rings. The second-order valence-corrected chi connectivity index (χ2v) is 4.69. The molecule has 6 heteroatoms.